The Kier molecular flexibility index (Phi) is 3.06. The molecule has 0 aromatic rings. The molecule has 7 atom stereocenters. The molecule has 23 heavy (non-hydrogen) atoms. The van der Waals surface area contributed by atoms with Gasteiger partial charge in [-0.2, -0.15) is 0 Å². The van der Waals surface area contributed by atoms with E-state index in [1.165, 1.54) is 31.4 Å². The highest BCUT2D eigenvalue weighted by Gasteiger charge is 2.56. The Labute approximate surface area is 138 Å². The first-order valence-electron chi connectivity index (χ1n) is 9.71. The Hall–Kier alpha value is -1.12. The van der Waals surface area contributed by atoms with Crippen molar-refractivity contribution < 1.29 is 9.59 Å². The molecule has 3 heteroatoms. The topological polar surface area (TPSA) is 37.4 Å². The van der Waals surface area contributed by atoms with Crippen LogP contribution < -0.4 is 0 Å². The average Bonchev–Trinajstić information content (AvgIpc) is 2.54. The number of Topliss-reactive ketones (excluding diaryl/α,β-unsaturated/α-hetero) is 1. The summed E-state index contributed by atoms with van der Waals surface area (Å²) in [4.78, 5) is 28.0. The number of ketones is 2. The van der Waals surface area contributed by atoms with E-state index in [9.17, 15) is 9.59 Å². The Balaban J connectivity index is 1.62. The monoisotopic (exact) mass is 313 g/mol. The molecule has 0 N–H and O–H groups in total. The molecule has 0 aromatic carbocycles. The van der Waals surface area contributed by atoms with E-state index in [4.69, 9.17) is 0 Å². The molecule has 5 aliphatic rings. The van der Waals surface area contributed by atoms with Gasteiger partial charge in [0.05, 0.1) is 0 Å². The van der Waals surface area contributed by atoms with Crippen molar-refractivity contribution >= 4 is 11.6 Å². The van der Waals surface area contributed by atoms with E-state index in [0.717, 1.165) is 25.7 Å². The van der Waals surface area contributed by atoms with Gasteiger partial charge in [-0.1, -0.05) is 12.8 Å². The van der Waals surface area contributed by atoms with E-state index < -0.39 is 0 Å². The lowest BCUT2D eigenvalue weighted by Gasteiger charge is -2.60. The van der Waals surface area contributed by atoms with Crippen LogP contribution in [0.25, 0.3) is 0 Å². The minimum atomic E-state index is 0.239. The maximum absolute atomic E-state index is 12.8. The number of nitrogens with zero attached hydrogens (tertiary/aromatic N) is 1. The Morgan fingerprint density at radius 3 is 2.74 bits per heavy atom. The third-order valence-electron chi connectivity index (χ3n) is 7.70. The highest BCUT2D eigenvalue weighted by molar-refractivity contribution is 5.94. The molecule has 0 radical (unpaired) electrons. The Morgan fingerprint density at radius 2 is 1.87 bits per heavy atom. The predicted octanol–water partition coefficient (Wildman–Crippen LogP) is 3.34. The molecule has 2 heterocycles. The maximum Gasteiger partial charge on any atom is 0.160 e. The first-order chi connectivity index (χ1) is 11.1. The van der Waals surface area contributed by atoms with Crippen LogP contribution in [0.2, 0.25) is 0 Å². The second kappa shape index (κ2) is 4.94. The second-order valence-electron chi connectivity index (χ2n) is 8.73. The standard InChI is InChI=1S/C20H27NO2/c1-11-6-7-15-16-8-12(9-18(15)22)20-14-5-3-2-4-13(14)19(23)10-17(20)21(11)16/h10-16,20H,2-9H2,1H3/t11-,12-,13+,14+,15-,16-,20-/m0/s1. The van der Waals surface area contributed by atoms with Crippen LogP contribution in [0.4, 0.5) is 0 Å². The quantitative estimate of drug-likeness (QED) is 0.688. The average molecular weight is 313 g/mol. The van der Waals surface area contributed by atoms with Crippen molar-refractivity contribution in [2.75, 3.05) is 0 Å². The molecule has 5 rings (SSSR count). The lowest BCUT2D eigenvalue weighted by molar-refractivity contribution is -0.140. The van der Waals surface area contributed by atoms with Crippen LogP contribution in [-0.2, 0) is 9.59 Å². The van der Waals surface area contributed by atoms with Crippen LogP contribution >= 0.6 is 0 Å². The number of rotatable bonds is 0. The van der Waals surface area contributed by atoms with Crippen molar-refractivity contribution in [3.63, 3.8) is 0 Å². The third-order valence-corrected chi connectivity index (χ3v) is 7.70. The fourth-order valence-electron chi connectivity index (χ4n) is 6.80. The zero-order valence-corrected chi connectivity index (χ0v) is 14.0. The van der Waals surface area contributed by atoms with E-state index in [2.05, 4.69) is 11.8 Å². The van der Waals surface area contributed by atoms with Crippen molar-refractivity contribution in [3.05, 3.63) is 11.8 Å². The molecular formula is C20H27NO2. The minimum absolute atomic E-state index is 0.239. The zero-order valence-electron chi connectivity index (χ0n) is 14.0. The van der Waals surface area contributed by atoms with E-state index >= 15 is 0 Å². The molecule has 3 nitrogen and oxygen atoms in total. The molecular weight excluding hydrogens is 286 g/mol. The van der Waals surface area contributed by atoms with Crippen molar-refractivity contribution in [1.82, 2.24) is 4.90 Å². The fraction of sp³-hybridized carbons (Fsp3) is 0.800. The number of carbonyl (C=O) groups excluding carboxylic acids is 2. The number of carbonyl (C=O) groups is 2. The van der Waals surface area contributed by atoms with Crippen LogP contribution in [0.15, 0.2) is 11.8 Å². The molecule has 3 aliphatic carbocycles. The molecule has 2 bridgehead atoms. The lowest BCUT2D eigenvalue weighted by Crippen LogP contribution is -2.62. The van der Waals surface area contributed by atoms with Crippen molar-refractivity contribution in [2.45, 2.75) is 70.4 Å². The fourth-order valence-corrected chi connectivity index (χ4v) is 6.80. The molecule has 2 saturated carbocycles. The van der Waals surface area contributed by atoms with Crippen molar-refractivity contribution in [3.8, 4) is 0 Å². The summed E-state index contributed by atoms with van der Waals surface area (Å²) in [6, 6.07) is 0.880. The van der Waals surface area contributed by atoms with E-state index in [0.29, 0.717) is 41.4 Å². The van der Waals surface area contributed by atoms with Crippen LogP contribution in [0, 0.1) is 29.6 Å². The summed E-state index contributed by atoms with van der Waals surface area (Å²) in [5.74, 6) is 2.91. The number of allylic oxidation sites excluding steroid dienone is 2. The summed E-state index contributed by atoms with van der Waals surface area (Å²) >= 11 is 0. The Bertz CT molecular complexity index is 594. The maximum atomic E-state index is 12.8. The minimum Gasteiger partial charge on any atom is -0.368 e. The van der Waals surface area contributed by atoms with Gasteiger partial charge in [0.15, 0.2) is 5.78 Å². The van der Waals surface area contributed by atoms with Crippen LogP contribution in [0.1, 0.15) is 58.3 Å². The molecule has 4 fully saturated rings. The van der Waals surface area contributed by atoms with Gasteiger partial charge < -0.3 is 4.90 Å². The van der Waals surface area contributed by atoms with E-state index in [1.807, 2.05) is 6.08 Å². The molecule has 2 aliphatic heterocycles. The van der Waals surface area contributed by atoms with Gasteiger partial charge in [0.1, 0.15) is 5.78 Å². The predicted molar refractivity (Wildman–Crippen MR) is 87.6 cm³/mol. The molecule has 0 amide bonds. The molecule has 2 saturated heterocycles. The highest BCUT2D eigenvalue weighted by atomic mass is 16.1. The number of piperidine rings is 2. The van der Waals surface area contributed by atoms with E-state index in [1.54, 1.807) is 0 Å². The SMILES string of the molecule is C[C@H]1CC[C@@H]2C(=O)C[C@@H]3C[C@@H]2N1C1=CC(=O)[C@@H]2CCCC[C@H]2[C@@H]13. The highest BCUT2D eigenvalue weighted by Crippen LogP contribution is 2.56. The van der Waals surface area contributed by atoms with Gasteiger partial charge in [-0.05, 0) is 50.9 Å². The van der Waals surface area contributed by atoms with Crippen molar-refractivity contribution in [1.29, 1.82) is 0 Å². The molecule has 0 spiro atoms. The van der Waals surface area contributed by atoms with Crippen LogP contribution in [-0.4, -0.2) is 28.6 Å². The van der Waals surface area contributed by atoms with Gasteiger partial charge in [-0.3, -0.25) is 9.59 Å². The summed E-state index contributed by atoms with van der Waals surface area (Å²) in [5, 5.41) is 0. The van der Waals surface area contributed by atoms with Gasteiger partial charge in [-0.15, -0.1) is 0 Å². The number of hydrogen-bond donors (Lipinski definition) is 0. The van der Waals surface area contributed by atoms with Crippen LogP contribution in [0.5, 0.6) is 0 Å². The normalized spacial score (nSPS) is 48.5. The number of fused-ring (bicyclic) bond motifs is 6. The summed E-state index contributed by atoms with van der Waals surface area (Å²) in [7, 11) is 0. The van der Waals surface area contributed by atoms with Gasteiger partial charge in [0, 0.05) is 48.0 Å². The van der Waals surface area contributed by atoms with Gasteiger partial charge in [0.25, 0.3) is 0 Å². The first kappa shape index (κ1) is 14.2. The van der Waals surface area contributed by atoms with Crippen molar-refractivity contribution in [2.24, 2.45) is 29.6 Å². The lowest BCUT2D eigenvalue weighted by atomic mass is 9.55. The van der Waals surface area contributed by atoms with E-state index in [-0.39, 0.29) is 11.8 Å². The summed E-state index contributed by atoms with van der Waals surface area (Å²) in [6.45, 7) is 2.30. The smallest absolute Gasteiger partial charge is 0.160 e. The summed E-state index contributed by atoms with van der Waals surface area (Å²) < 4.78 is 0. The molecule has 0 unspecified atom stereocenters. The van der Waals surface area contributed by atoms with Gasteiger partial charge >= 0.3 is 0 Å². The molecule has 0 aromatic heterocycles. The largest absolute Gasteiger partial charge is 0.368 e. The first-order valence-corrected chi connectivity index (χ1v) is 9.71. The van der Waals surface area contributed by atoms with Crippen LogP contribution in [0.3, 0.4) is 0 Å². The zero-order chi connectivity index (χ0) is 15.7. The third kappa shape index (κ3) is 1.88. The Morgan fingerprint density at radius 1 is 1.04 bits per heavy atom. The summed E-state index contributed by atoms with van der Waals surface area (Å²) in [6.07, 6.45) is 10.9. The summed E-state index contributed by atoms with van der Waals surface area (Å²) in [5.41, 5.74) is 1.34. The van der Waals surface area contributed by atoms with Gasteiger partial charge in [-0.25, -0.2) is 0 Å². The second-order valence-corrected chi connectivity index (χ2v) is 8.73. The molecule has 124 valence electrons. The number of hydrogen-bond acceptors (Lipinski definition) is 3. The van der Waals surface area contributed by atoms with Gasteiger partial charge in [0.2, 0.25) is 0 Å².